The van der Waals surface area contributed by atoms with E-state index in [9.17, 15) is 4.79 Å². The Morgan fingerprint density at radius 3 is 2.30 bits per heavy atom. The summed E-state index contributed by atoms with van der Waals surface area (Å²) < 4.78 is 0. The topological polar surface area (TPSA) is 32.3 Å². The van der Waals surface area contributed by atoms with Crippen molar-refractivity contribution < 1.29 is 4.79 Å². The molecule has 0 atom stereocenters. The molecule has 0 aromatic heterocycles. The molecule has 1 aromatic rings. The Morgan fingerprint density at radius 1 is 1.20 bits per heavy atom. The van der Waals surface area contributed by atoms with Crippen molar-refractivity contribution in [1.82, 2.24) is 10.2 Å². The number of benzene rings is 1. The second-order valence-electron chi connectivity index (χ2n) is 5.03. The molecule has 0 aliphatic rings. The summed E-state index contributed by atoms with van der Waals surface area (Å²) in [5.41, 5.74) is 1.28. The van der Waals surface area contributed by atoms with Gasteiger partial charge in [0.25, 0.3) is 0 Å². The van der Waals surface area contributed by atoms with Crippen LogP contribution in [0.25, 0.3) is 0 Å². The highest BCUT2D eigenvalue weighted by molar-refractivity contribution is 8.00. The van der Waals surface area contributed by atoms with Gasteiger partial charge in [-0.1, -0.05) is 26.0 Å². The van der Waals surface area contributed by atoms with Gasteiger partial charge in [0.15, 0.2) is 0 Å². The molecule has 1 rings (SSSR count). The van der Waals surface area contributed by atoms with Crippen molar-refractivity contribution >= 4 is 17.7 Å². The van der Waals surface area contributed by atoms with E-state index in [1.54, 1.807) is 11.8 Å². The third-order valence-electron chi connectivity index (χ3n) is 3.12. The molecule has 0 fully saturated rings. The van der Waals surface area contributed by atoms with Gasteiger partial charge in [-0.25, -0.2) is 0 Å². The molecule has 0 bridgehead atoms. The minimum absolute atomic E-state index is 0.213. The number of rotatable bonds is 8. The number of nitrogens with one attached hydrogen (secondary N) is 1. The quantitative estimate of drug-likeness (QED) is 0.748. The van der Waals surface area contributed by atoms with E-state index in [0.717, 1.165) is 24.5 Å². The molecule has 0 unspecified atom stereocenters. The Morgan fingerprint density at radius 2 is 1.80 bits per heavy atom. The summed E-state index contributed by atoms with van der Waals surface area (Å²) in [6, 6.07) is 8.93. The van der Waals surface area contributed by atoms with Gasteiger partial charge in [-0.05, 0) is 31.5 Å². The second kappa shape index (κ2) is 9.03. The molecule has 0 radical (unpaired) electrons. The number of amides is 1. The average molecular weight is 294 g/mol. The zero-order chi connectivity index (χ0) is 15.0. The summed E-state index contributed by atoms with van der Waals surface area (Å²) >= 11 is 1.61. The number of carbonyl (C=O) groups excluding carboxylic acids is 1. The van der Waals surface area contributed by atoms with Gasteiger partial charge in [0.2, 0.25) is 5.91 Å². The first-order chi connectivity index (χ1) is 9.56. The fourth-order valence-corrected chi connectivity index (χ4v) is 2.64. The number of thioether (sulfide) groups is 1. The fourth-order valence-electron chi connectivity index (χ4n) is 1.84. The van der Waals surface area contributed by atoms with Gasteiger partial charge in [-0.3, -0.25) is 4.79 Å². The first-order valence-corrected chi connectivity index (χ1v) is 8.28. The van der Waals surface area contributed by atoms with Crippen LogP contribution in [0.15, 0.2) is 29.2 Å². The molecule has 0 heterocycles. The summed E-state index contributed by atoms with van der Waals surface area (Å²) in [6.45, 7) is 10.8. The minimum atomic E-state index is 0.213. The van der Waals surface area contributed by atoms with Crippen LogP contribution in [-0.2, 0) is 11.3 Å². The van der Waals surface area contributed by atoms with E-state index >= 15 is 0 Å². The zero-order valence-electron chi connectivity index (χ0n) is 13.0. The van der Waals surface area contributed by atoms with E-state index in [1.807, 2.05) is 18.7 Å². The maximum atomic E-state index is 11.9. The normalized spacial score (nSPS) is 10.8. The largest absolute Gasteiger partial charge is 0.343 e. The number of nitrogens with zero attached hydrogens (tertiary/aromatic N) is 1. The number of hydrogen-bond donors (Lipinski definition) is 1. The first-order valence-electron chi connectivity index (χ1n) is 7.29. The molecule has 4 heteroatoms. The lowest BCUT2D eigenvalue weighted by Gasteiger charge is -2.18. The predicted molar refractivity (Wildman–Crippen MR) is 87.1 cm³/mol. The highest BCUT2D eigenvalue weighted by Crippen LogP contribution is 2.19. The third kappa shape index (κ3) is 5.97. The minimum Gasteiger partial charge on any atom is -0.343 e. The molecule has 1 N–H and O–H groups in total. The lowest BCUT2D eigenvalue weighted by atomic mass is 10.2. The summed E-state index contributed by atoms with van der Waals surface area (Å²) in [5.74, 6) is 0.733. The van der Waals surface area contributed by atoms with Crippen molar-refractivity contribution in [3.05, 3.63) is 29.8 Å². The number of hydrogen-bond acceptors (Lipinski definition) is 3. The second-order valence-corrected chi connectivity index (χ2v) is 6.08. The monoisotopic (exact) mass is 294 g/mol. The summed E-state index contributed by atoms with van der Waals surface area (Å²) in [6.07, 6.45) is 0. The SMILES string of the molecule is CCN(CC)C(=O)CSc1ccc(CNC(C)C)cc1. The van der Waals surface area contributed by atoms with Crippen LogP contribution >= 0.6 is 11.8 Å². The summed E-state index contributed by atoms with van der Waals surface area (Å²) in [7, 11) is 0. The average Bonchev–Trinajstić information content (AvgIpc) is 2.45. The lowest BCUT2D eigenvalue weighted by molar-refractivity contribution is -0.127. The van der Waals surface area contributed by atoms with Crippen molar-refractivity contribution in [2.24, 2.45) is 0 Å². The summed E-state index contributed by atoms with van der Waals surface area (Å²) in [4.78, 5) is 14.9. The molecule has 0 spiro atoms. The van der Waals surface area contributed by atoms with Crippen LogP contribution in [0.3, 0.4) is 0 Å². The van der Waals surface area contributed by atoms with Gasteiger partial charge >= 0.3 is 0 Å². The lowest BCUT2D eigenvalue weighted by Crippen LogP contribution is -2.31. The highest BCUT2D eigenvalue weighted by Gasteiger charge is 2.09. The molecule has 0 saturated carbocycles. The van der Waals surface area contributed by atoms with Crippen molar-refractivity contribution in [3.63, 3.8) is 0 Å². The maximum absolute atomic E-state index is 11.9. The Hall–Kier alpha value is -1.00. The van der Waals surface area contributed by atoms with Crippen molar-refractivity contribution in [3.8, 4) is 0 Å². The van der Waals surface area contributed by atoms with E-state index < -0.39 is 0 Å². The Bertz CT molecular complexity index is 399. The van der Waals surface area contributed by atoms with Gasteiger partial charge in [-0.15, -0.1) is 11.8 Å². The van der Waals surface area contributed by atoms with Crippen LogP contribution in [-0.4, -0.2) is 35.7 Å². The zero-order valence-corrected chi connectivity index (χ0v) is 13.8. The van der Waals surface area contributed by atoms with Crippen LogP contribution in [0.1, 0.15) is 33.3 Å². The Balaban J connectivity index is 2.43. The molecule has 112 valence electrons. The highest BCUT2D eigenvalue weighted by atomic mass is 32.2. The Labute approximate surface area is 127 Å². The van der Waals surface area contributed by atoms with Gasteiger partial charge in [0.1, 0.15) is 0 Å². The van der Waals surface area contributed by atoms with Crippen LogP contribution in [0.5, 0.6) is 0 Å². The molecule has 0 aliphatic heterocycles. The van der Waals surface area contributed by atoms with Crippen molar-refractivity contribution in [2.75, 3.05) is 18.8 Å². The van der Waals surface area contributed by atoms with Crippen LogP contribution in [0, 0.1) is 0 Å². The summed E-state index contributed by atoms with van der Waals surface area (Å²) in [5, 5.41) is 3.39. The van der Waals surface area contributed by atoms with Crippen LogP contribution in [0.4, 0.5) is 0 Å². The molecule has 1 amide bonds. The molecular formula is C16H26N2OS. The molecule has 1 aromatic carbocycles. The fraction of sp³-hybridized carbons (Fsp3) is 0.562. The third-order valence-corrected chi connectivity index (χ3v) is 4.11. The van der Waals surface area contributed by atoms with Gasteiger partial charge in [-0.2, -0.15) is 0 Å². The standard InChI is InChI=1S/C16H26N2OS/c1-5-18(6-2)16(19)12-20-15-9-7-14(8-10-15)11-17-13(3)4/h7-10,13,17H,5-6,11-12H2,1-4H3. The smallest absolute Gasteiger partial charge is 0.232 e. The molecule has 0 aliphatic carbocycles. The van der Waals surface area contributed by atoms with Crippen LogP contribution < -0.4 is 5.32 Å². The molecule has 0 saturated heterocycles. The van der Waals surface area contributed by atoms with Gasteiger partial charge in [0, 0.05) is 30.6 Å². The molecule has 20 heavy (non-hydrogen) atoms. The van der Waals surface area contributed by atoms with Gasteiger partial charge < -0.3 is 10.2 Å². The van der Waals surface area contributed by atoms with E-state index in [4.69, 9.17) is 0 Å². The Kier molecular flexibility index (Phi) is 7.70. The molecule has 3 nitrogen and oxygen atoms in total. The van der Waals surface area contributed by atoms with Crippen LogP contribution in [0.2, 0.25) is 0 Å². The van der Waals surface area contributed by atoms with E-state index in [0.29, 0.717) is 11.8 Å². The molecular weight excluding hydrogens is 268 g/mol. The van der Waals surface area contributed by atoms with Crippen molar-refractivity contribution in [2.45, 2.75) is 45.2 Å². The number of carbonyl (C=O) groups is 1. The van der Waals surface area contributed by atoms with E-state index in [2.05, 4.69) is 43.4 Å². The van der Waals surface area contributed by atoms with Gasteiger partial charge in [0.05, 0.1) is 5.75 Å². The first kappa shape index (κ1) is 17.1. The van der Waals surface area contributed by atoms with Crippen molar-refractivity contribution in [1.29, 1.82) is 0 Å². The van der Waals surface area contributed by atoms with E-state index in [-0.39, 0.29) is 5.91 Å². The maximum Gasteiger partial charge on any atom is 0.232 e. The predicted octanol–water partition coefficient (Wildman–Crippen LogP) is 3.15. The van der Waals surface area contributed by atoms with E-state index in [1.165, 1.54) is 5.56 Å².